The van der Waals surface area contributed by atoms with Crippen LogP contribution in [0.4, 0.5) is 0 Å². The van der Waals surface area contributed by atoms with Crippen molar-refractivity contribution in [3.05, 3.63) is 0 Å². The maximum Gasteiger partial charge on any atom is 0.0312 e. The van der Waals surface area contributed by atoms with Crippen molar-refractivity contribution >= 4 is 0 Å². The second-order valence-corrected chi connectivity index (χ2v) is 4.49. The van der Waals surface area contributed by atoms with Crippen LogP contribution >= 0.6 is 0 Å². The zero-order chi connectivity index (χ0) is 7.19. The minimum absolute atomic E-state index is 0.622. The van der Waals surface area contributed by atoms with E-state index >= 15 is 0 Å². The van der Waals surface area contributed by atoms with Crippen LogP contribution in [-0.4, -0.2) is 12.1 Å². The first-order valence-corrected chi connectivity index (χ1v) is 4.45. The summed E-state index contributed by atoms with van der Waals surface area (Å²) in [6, 6.07) is 0. The fourth-order valence-corrected chi connectivity index (χ4v) is 2.68. The molecule has 58 valence electrons. The van der Waals surface area contributed by atoms with Gasteiger partial charge in [-0.3, -0.25) is 0 Å². The Balaban J connectivity index is 2.00. The summed E-state index contributed by atoms with van der Waals surface area (Å²) < 4.78 is 0. The Labute approximate surface area is 63.2 Å². The van der Waals surface area contributed by atoms with Crippen LogP contribution in [0.5, 0.6) is 0 Å². The summed E-state index contributed by atoms with van der Waals surface area (Å²) in [5, 5.41) is 3.51. The van der Waals surface area contributed by atoms with Crippen molar-refractivity contribution in [2.75, 3.05) is 6.54 Å². The van der Waals surface area contributed by atoms with Gasteiger partial charge in [0.1, 0.15) is 0 Å². The van der Waals surface area contributed by atoms with Crippen molar-refractivity contribution in [3.63, 3.8) is 0 Å². The Morgan fingerprint density at radius 3 is 2.10 bits per heavy atom. The molecule has 0 aromatic heterocycles. The molecule has 1 heterocycles. The van der Waals surface area contributed by atoms with Crippen molar-refractivity contribution in [3.8, 4) is 0 Å². The summed E-state index contributed by atoms with van der Waals surface area (Å²) in [6.07, 6.45) is 4.30. The quantitative estimate of drug-likeness (QED) is 0.508. The maximum absolute atomic E-state index is 3.51. The molecule has 0 aromatic rings. The zero-order valence-electron chi connectivity index (χ0n) is 6.98. The molecular weight excluding hydrogens is 122 g/mol. The van der Waals surface area contributed by atoms with Gasteiger partial charge in [0.15, 0.2) is 0 Å². The van der Waals surface area contributed by atoms with E-state index in [1.807, 2.05) is 0 Å². The summed E-state index contributed by atoms with van der Waals surface area (Å²) in [4.78, 5) is 0. The maximum atomic E-state index is 3.51. The van der Waals surface area contributed by atoms with Gasteiger partial charge >= 0.3 is 0 Å². The molecule has 2 fully saturated rings. The van der Waals surface area contributed by atoms with Crippen LogP contribution in [0.2, 0.25) is 0 Å². The van der Waals surface area contributed by atoms with E-state index in [0.717, 1.165) is 11.8 Å². The molecule has 1 spiro atoms. The Bertz CT molecular complexity index is 126. The summed E-state index contributed by atoms with van der Waals surface area (Å²) >= 11 is 0. The minimum Gasteiger partial charge on any atom is -0.308 e. The largest absolute Gasteiger partial charge is 0.308 e. The highest BCUT2D eigenvalue weighted by Crippen LogP contribution is 2.40. The fraction of sp³-hybridized carbons (Fsp3) is 1.00. The molecule has 1 nitrogen and oxygen atoms in total. The Morgan fingerprint density at radius 2 is 1.70 bits per heavy atom. The lowest BCUT2D eigenvalue weighted by molar-refractivity contribution is 0.250. The van der Waals surface area contributed by atoms with Gasteiger partial charge in [-0.15, -0.1) is 0 Å². The van der Waals surface area contributed by atoms with Gasteiger partial charge in [-0.25, -0.2) is 0 Å². The molecule has 2 atom stereocenters. The molecular formula is C9H17N. The highest BCUT2D eigenvalue weighted by atomic mass is 15.2. The lowest BCUT2D eigenvalue weighted by Gasteiger charge is -2.30. The van der Waals surface area contributed by atoms with Gasteiger partial charge in [-0.05, 0) is 31.1 Å². The van der Waals surface area contributed by atoms with Crippen LogP contribution in [0.15, 0.2) is 0 Å². The first-order chi connectivity index (χ1) is 4.70. The monoisotopic (exact) mass is 139 g/mol. The van der Waals surface area contributed by atoms with Gasteiger partial charge in [0.25, 0.3) is 0 Å². The van der Waals surface area contributed by atoms with E-state index in [-0.39, 0.29) is 0 Å². The molecule has 1 heteroatoms. The second kappa shape index (κ2) is 1.97. The SMILES string of the molecule is CC1CC(C)CC2(CN2)C1. The summed E-state index contributed by atoms with van der Waals surface area (Å²) in [7, 11) is 0. The van der Waals surface area contributed by atoms with Crippen LogP contribution in [0.25, 0.3) is 0 Å². The second-order valence-electron chi connectivity index (χ2n) is 4.49. The van der Waals surface area contributed by atoms with Gasteiger partial charge in [0.2, 0.25) is 0 Å². The topological polar surface area (TPSA) is 21.9 Å². The molecule has 1 saturated carbocycles. The van der Waals surface area contributed by atoms with E-state index in [9.17, 15) is 0 Å². The molecule has 0 bridgehead atoms. The number of hydrogen-bond acceptors (Lipinski definition) is 1. The molecule has 0 aromatic carbocycles. The van der Waals surface area contributed by atoms with Crippen molar-refractivity contribution < 1.29 is 0 Å². The van der Waals surface area contributed by atoms with Gasteiger partial charge < -0.3 is 5.32 Å². The van der Waals surface area contributed by atoms with Crippen LogP contribution in [0.3, 0.4) is 0 Å². The lowest BCUT2D eigenvalue weighted by Crippen LogP contribution is -2.28. The van der Waals surface area contributed by atoms with Crippen molar-refractivity contribution in [1.82, 2.24) is 5.32 Å². The van der Waals surface area contributed by atoms with E-state index in [2.05, 4.69) is 19.2 Å². The summed E-state index contributed by atoms with van der Waals surface area (Å²) in [5.74, 6) is 1.91. The van der Waals surface area contributed by atoms with Crippen molar-refractivity contribution in [2.45, 2.75) is 38.6 Å². The Morgan fingerprint density at radius 1 is 1.20 bits per heavy atom. The van der Waals surface area contributed by atoms with Gasteiger partial charge in [-0.2, -0.15) is 0 Å². The number of hydrogen-bond donors (Lipinski definition) is 1. The predicted molar refractivity (Wildman–Crippen MR) is 42.9 cm³/mol. The van der Waals surface area contributed by atoms with E-state index < -0.39 is 0 Å². The Kier molecular flexibility index (Phi) is 1.31. The van der Waals surface area contributed by atoms with Crippen LogP contribution < -0.4 is 5.32 Å². The molecule has 1 saturated heterocycles. The molecule has 1 aliphatic carbocycles. The molecule has 2 aliphatic rings. The fourth-order valence-electron chi connectivity index (χ4n) is 2.68. The van der Waals surface area contributed by atoms with Crippen LogP contribution in [0.1, 0.15) is 33.1 Å². The van der Waals surface area contributed by atoms with Gasteiger partial charge in [-0.1, -0.05) is 13.8 Å². The smallest absolute Gasteiger partial charge is 0.0312 e. The van der Waals surface area contributed by atoms with E-state index in [1.54, 1.807) is 0 Å². The highest BCUT2D eigenvalue weighted by Gasteiger charge is 2.46. The zero-order valence-corrected chi connectivity index (χ0v) is 6.98. The third-order valence-corrected chi connectivity index (χ3v) is 2.96. The number of rotatable bonds is 0. The molecule has 0 amide bonds. The summed E-state index contributed by atoms with van der Waals surface area (Å²) in [6.45, 7) is 6.07. The van der Waals surface area contributed by atoms with Crippen LogP contribution in [0, 0.1) is 11.8 Å². The molecule has 2 unspecified atom stereocenters. The van der Waals surface area contributed by atoms with Crippen LogP contribution in [-0.2, 0) is 0 Å². The molecule has 0 radical (unpaired) electrons. The average Bonchev–Trinajstić information content (AvgIpc) is 2.44. The third-order valence-electron chi connectivity index (χ3n) is 2.96. The minimum atomic E-state index is 0.622. The normalized spacial score (nSPS) is 53.4. The Hall–Kier alpha value is -0.0400. The van der Waals surface area contributed by atoms with Gasteiger partial charge in [0, 0.05) is 12.1 Å². The van der Waals surface area contributed by atoms with Crippen molar-refractivity contribution in [1.29, 1.82) is 0 Å². The molecule has 1 N–H and O–H groups in total. The van der Waals surface area contributed by atoms with E-state index in [0.29, 0.717) is 5.54 Å². The molecule has 2 rings (SSSR count). The van der Waals surface area contributed by atoms with Gasteiger partial charge in [0.05, 0.1) is 0 Å². The standard InChI is InChI=1S/C9H17N/c1-7-3-8(2)5-9(4-7)6-10-9/h7-8,10H,3-6H2,1-2H3. The lowest BCUT2D eigenvalue weighted by atomic mass is 9.76. The highest BCUT2D eigenvalue weighted by molar-refractivity contribution is 5.07. The number of nitrogens with one attached hydrogen (secondary N) is 1. The summed E-state index contributed by atoms with van der Waals surface area (Å²) in [5.41, 5.74) is 0.622. The molecule has 10 heavy (non-hydrogen) atoms. The first kappa shape index (κ1) is 6.66. The van der Waals surface area contributed by atoms with E-state index in [4.69, 9.17) is 0 Å². The predicted octanol–water partition coefficient (Wildman–Crippen LogP) is 1.78. The average molecular weight is 139 g/mol. The van der Waals surface area contributed by atoms with Crippen molar-refractivity contribution in [2.24, 2.45) is 11.8 Å². The first-order valence-electron chi connectivity index (χ1n) is 4.45. The molecule has 1 aliphatic heterocycles. The third kappa shape index (κ3) is 1.07. The van der Waals surface area contributed by atoms with E-state index in [1.165, 1.54) is 25.8 Å².